The predicted octanol–water partition coefficient (Wildman–Crippen LogP) is 5.98. The SMILES string of the molecule is COc1ccccc1[C@H]1CC(c2ccccc2Cl)=NN1C(=O)CN1CCC(Cc2ccccc2)CC1. The number of para-hydroxylation sites is 1. The first kappa shape index (κ1) is 24.5. The van der Waals surface area contributed by atoms with Crippen LogP contribution in [0.2, 0.25) is 5.02 Å². The first-order valence-corrected chi connectivity index (χ1v) is 13.0. The Morgan fingerprint density at radius 1 is 0.972 bits per heavy atom. The van der Waals surface area contributed by atoms with E-state index in [1.165, 1.54) is 5.56 Å². The molecule has 0 aromatic heterocycles. The minimum atomic E-state index is -0.226. The van der Waals surface area contributed by atoms with Crippen molar-refractivity contribution in [2.75, 3.05) is 26.7 Å². The van der Waals surface area contributed by atoms with Gasteiger partial charge in [0.05, 0.1) is 25.4 Å². The largest absolute Gasteiger partial charge is 0.496 e. The molecule has 2 aliphatic rings. The minimum Gasteiger partial charge on any atom is -0.496 e. The van der Waals surface area contributed by atoms with Gasteiger partial charge in [0.1, 0.15) is 5.75 Å². The molecule has 0 radical (unpaired) electrons. The van der Waals surface area contributed by atoms with Crippen LogP contribution in [-0.2, 0) is 11.2 Å². The van der Waals surface area contributed by atoms with Crippen molar-refractivity contribution in [3.63, 3.8) is 0 Å². The second-order valence-corrected chi connectivity index (χ2v) is 10.0. The molecule has 0 aliphatic carbocycles. The topological polar surface area (TPSA) is 45.1 Å². The Balaban J connectivity index is 1.30. The van der Waals surface area contributed by atoms with Crippen LogP contribution in [0.1, 0.15) is 42.0 Å². The monoisotopic (exact) mass is 501 g/mol. The van der Waals surface area contributed by atoms with Crippen molar-refractivity contribution in [3.8, 4) is 5.75 Å². The van der Waals surface area contributed by atoms with Gasteiger partial charge in [-0.1, -0.05) is 78.3 Å². The molecule has 5 nitrogen and oxygen atoms in total. The molecule has 1 fully saturated rings. The van der Waals surface area contributed by atoms with Gasteiger partial charge in [-0.2, -0.15) is 5.10 Å². The summed E-state index contributed by atoms with van der Waals surface area (Å²) in [5, 5.41) is 7.12. The van der Waals surface area contributed by atoms with Crippen molar-refractivity contribution in [2.24, 2.45) is 11.0 Å². The number of benzene rings is 3. The van der Waals surface area contributed by atoms with Gasteiger partial charge >= 0.3 is 0 Å². The van der Waals surface area contributed by atoms with E-state index in [2.05, 4.69) is 35.2 Å². The van der Waals surface area contributed by atoms with Crippen molar-refractivity contribution in [3.05, 3.63) is 101 Å². The Morgan fingerprint density at radius 3 is 2.42 bits per heavy atom. The van der Waals surface area contributed by atoms with Gasteiger partial charge in [-0.3, -0.25) is 9.69 Å². The number of hydrazone groups is 1. The van der Waals surface area contributed by atoms with Crippen molar-refractivity contribution in [1.29, 1.82) is 0 Å². The minimum absolute atomic E-state index is 0.00877. The summed E-state index contributed by atoms with van der Waals surface area (Å²) in [6, 6.07) is 26.0. The second kappa shape index (κ2) is 11.3. The molecule has 36 heavy (non-hydrogen) atoms. The molecule has 3 aromatic rings. The van der Waals surface area contributed by atoms with E-state index >= 15 is 0 Å². The second-order valence-electron chi connectivity index (χ2n) is 9.64. The highest BCUT2D eigenvalue weighted by Crippen LogP contribution is 2.38. The fraction of sp³-hybridized carbons (Fsp3) is 0.333. The van der Waals surface area contributed by atoms with Gasteiger partial charge in [-0.15, -0.1) is 0 Å². The molecule has 5 rings (SSSR count). The van der Waals surface area contributed by atoms with E-state index in [0.717, 1.165) is 54.9 Å². The van der Waals surface area contributed by atoms with Gasteiger partial charge in [0, 0.05) is 22.6 Å². The molecule has 3 aromatic carbocycles. The van der Waals surface area contributed by atoms with Gasteiger partial charge in [-0.25, -0.2) is 5.01 Å². The summed E-state index contributed by atoms with van der Waals surface area (Å²) in [6.45, 7) is 2.22. The van der Waals surface area contributed by atoms with Crippen molar-refractivity contribution in [2.45, 2.75) is 31.7 Å². The molecule has 1 atom stereocenters. The van der Waals surface area contributed by atoms with Gasteiger partial charge in [0.25, 0.3) is 5.91 Å². The van der Waals surface area contributed by atoms with E-state index in [1.807, 2.05) is 48.5 Å². The number of nitrogens with zero attached hydrogens (tertiary/aromatic N) is 3. The van der Waals surface area contributed by atoms with Crippen LogP contribution in [0.5, 0.6) is 5.75 Å². The highest BCUT2D eigenvalue weighted by molar-refractivity contribution is 6.34. The van der Waals surface area contributed by atoms with Gasteiger partial charge < -0.3 is 4.74 Å². The number of rotatable bonds is 7. The first-order valence-electron chi connectivity index (χ1n) is 12.7. The average Bonchev–Trinajstić information content (AvgIpc) is 3.36. The van der Waals surface area contributed by atoms with Crippen LogP contribution >= 0.6 is 11.6 Å². The van der Waals surface area contributed by atoms with E-state index < -0.39 is 0 Å². The number of halogens is 1. The number of methoxy groups -OCH3 is 1. The summed E-state index contributed by atoms with van der Waals surface area (Å²) in [4.78, 5) is 15.9. The molecule has 6 heteroatoms. The molecule has 0 spiro atoms. The Bertz CT molecular complexity index is 1220. The normalized spacial score (nSPS) is 18.8. The highest BCUT2D eigenvalue weighted by atomic mass is 35.5. The van der Waals surface area contributed by atoms with E-state index in [9.17, 15) is 4.79 Å². The van der Waals surface area contributed by atoms with Gasteiger partial charge in [0.15, 0.2) is 0 Å². The third-order valence-electron chi connectivity index (χ3n) is 7.28. The fourth-order valence-electron chi connectivity index (χ4n) is 5.34. The van der Waals surface area contributed by atoms with Crippen LogP contribution in [0.4, 0.5) is 0 Å². The van der Waals surface area contributed by atoms with Crippen LogP contribution in [-0.4, -0.2) is 48.3 Å². The number of carbonyl (C=O) groups is 1. The molecule has 0 saturated carbocycles. The van der Waals surface area contributed by atoms with Gasteiger partial charge in [-0.05, 0) is 56.0 Å². The number of piperidine rings is 1. The van der Waals surface area contributed by atoms with E-state index in [-0.39, 0.29) is 11.9 Å². The number of carbonyl (C=O) groups excluding carboxylic acids is 1. The summed E-state index contributed by atoms with van der Waals surface area (Å²) < 4.78 is 5.64. The van der Waals surface area contributed by atoms with E-state index in [1.54, 1.807) is 12.1 Å². The maximum absolute atomic E-state index is 13.6. The summed E-state index contributed by atoms with van der Waals surface area (Å²) in [5.41, 5.74) is 4.05. The lowest BCUT2D eigenvalue weighted by molar-refractivity contribution is -0.134. The Hall–Kier alpha value is -3.15. The number of hydrogen-bond acceptors (Lipinski definition) is 4. The van der Waals surface area contributed by atoms with Crippen LogP contribution in [0, 0.1) is 5.92 Å². The number of likely N-dealkylation sites (tertiary alicyclic amines) is 1. The molecule has 0 unspecified atom stereocenters. The zero-order valence-corrected chi connectivity index (χ0v) is 21.4. The van der Waals surface area contributed by atoms with E-state index in [4.69, 9.17) is 21.4 Å². The molecule has 2 heterocycles. The molecule has 186 valence electrons. The number of hydrogen-bond donors (Lipinski definition) is 0. The summed E-state index contributed by atoms with van der Waals surface area (Å²) in [6.07, 6.45) is 3.91. The zero-order chi connectivity index (χ0) is 24.9. The molecule has 1 saturated heterocycles. The van der Waals surface area contributed by atoms with Crippen LogP contribution < -0.4 is 4.74 Å². The Kier molecular flexibility index (Phi) is 7.69. The Labute approximate surface area is 218 Å². The van der Waals surface area contributed by atoms with Gasteiger partial charge in [0.2, 0.25) is 0 Å². The summed E-state index contributed by atoms with van der Waals surface area (Å²) in [7, 11) is 1.66. The quantitative estimate of drug-likeness (QED) is 0.400. The maximum atomic E-state index is 13.6. The smallest absolute Gasteiger partial charge is 0.257 e. The van der Waals surface area contributed by atoms with Crippen LogP contribution in [0.15, 0.2) is 84.0 Å². The fourth-order valence-corrected chi connectivity index (χ4v) is 5.59. The first-order chi connectivity index (χ1) is 17.6. The number of ether oxygens (including phenoxy) is 1. The molecule has 0 bridgehead atoms. The standard InChI is InChI=1S/C30H32ClN3O2/c1-36-29-14-8-6-12-25(29)28-20-27(24-11-5-7-13-26(24)31)32-34(28)30(35)21-33-17-15-23(16-18-33)19-22-9-3-2-4-10-22/h2-14,23,28H,15-21H2,1H3/t28-/m1/s1. The van der Waals surface area contributed by atoms with Crippen molar-refractivity contribution >= 4 is 23.2 Å². The third-order valence-corrected chi connectivity index (χ3v) is 7.61. The summed E-state index contributed by atoms with van der Waals surface area (Å²) >= 11 is 6.49. The Morgan fingerprint density at radius 2 is 1.67 bits per heavy atom. The molecule has 1 amide bonds. The maximum Gasteiger partial charge on any atom is 0.257 e. The molecule has 0 N–H and O–H groups in total. The van der Waals surface area contributed by atoms with Crippen molar-refractivity contribution in [1.82, 2.24) is 9.91 Å². The average molecular weight is 502 g/mol. The lowest BCUT2D eigenvalue weighted by Gasteiger charge is -2.33. The predicted molar refractivity (Wildman–Crippen MR) is 144 cm³/mol. The molecular formula is C30H32ClN3O2. The number of amides is 1. The third kappa shape index (κ3) is 5.48. The van der Waals surface area contributed by atoms with E-state index in [0.29, 0.717) is 23.9 Å². The van der Waals surface area contributed by atoms with Crippen LogP contribution in [0.3, 0.4) is 0 Å². The lowest BCUT2D eigenvalue weighted by Crippen LogP contribution is -2.42. The summed E-state index contributed by atoms with van der Waals surface area (Å²) in [5.74, 6) is 1.43. The zero-order valence-electron chi connectivity index (χ0n) is 20.6. The lowest BCUT2D eigenvalue weighted by atomic mass is 9.90. The molecular weight excluding hydrogens is 470 g/mol. The molecule has 2 aliphatic heterocycles. The van der Waals surface area contributed by atoms with Crippen molar-refractivity contribution < 1.29 is 9.53 Å². The highest BCUT2D eigenvalue weighted by Gasteiger charge is 2.36. The van der Waals surface area contributed by atoms with Crippen LogP contribution in [0.25, 0.3) is 0 Å².